The van der Waals surface area contributed by atoms with E-state index in [0.29, 0.717) is 10.7 Å². The molecule has 0 fully saturated rings. The maximum Gasteiger partial charge on any atom is 0.238 e. The number of nitrogens with one attached hydrogen (secondary N) is 2. The van der Waals surface area contributed by atoms with Crippen LogP contribution in [0.1, 0.15) is 18.5 Å². The van der Waals surface area contributed by atoms with Gasteiger partial charge in [-0.1, -0.05) is 35.9 Å². The summed E-state index contributed by atoms with van der Waals surface area (Å²) in [6.45, 7) is 1.99. The highest BCUT2D eigenvalue weighted by atomic mass is 35.5. The van der Waals surface area contributed by atoms with Crippen molar-refractivity contribution < 1.29 is 9.18 Å². The molecule has 2 rings (SSSR count). The van der Waals surface area contributed by atoms with Crippen molar-refractivity contribution in [2.24, 2.45) is 0 Å². The van der Waals surface area contributed by atoms with Gasteiger partial charge in [-0.15, -0.1) is 0 Å². The fraction of sp³-hybridized carbons (Fsp3) is 0.188. The molecule has 0 aliphatic rings. The largest absolute Gasteiger partial charge is 0.324 e. The van der Waals surface area contributed by atoms with Crippen LogP contribution in [0.5, 0.6) is 0 Å². The van der Waals surface area contributed by atoms with Gasteiger partial charge in [0.1, 0.15) is 5.82 Å². The van der Waals surface area contributed by atoms with Crippen LogP contribution >= 0.6 is 11.6 Å². The van der Waals surface area contributed by atoms with Gasteiger partial charge >= 0.3 is 0 Å². The molecule has 2 aromatic carbocycles. The van der Waals surface area contributed by atoms with Crippen LogP contribution in [0.2, 0.25) is 5.02 Å². The van der Waals surface area contributed by atoms with Crippen LogP contribution in [-0.4, -0.2) is 12.5 Å². The molecule has 21 heavy (non-hydrogen) atoms. The standard InChI is InChI=1S/C16H16ClFN2O/c1-11(12-5-4-6-13(18)9-12)19-10-16(21)20-15-8-3-2-7-14(15)17/h2-9,11,19H,10H2,1H3,(H,20,21)/t11-/m0/s1. The maximum absolute atomic E-state index is 13.1. The molecule has 0 saturated carbocycles. The number of halogens is 2. The molecule has 2 N–H and O–H groups in total. The second-order valence-electron chi connectivity index (χ2n) is 4.69. The molecule has 3 nitrogen and oxygen atoms in total. The number of hydrogen-bond acceptors (Lipinski definition) is 2. The summed E-state index contributed by atoms with van der Waals surface area (Å²) in [4.78, 5) is 11.9. The SMILES string of the molecule is C[C@H](NCC(=O)Nc1ccccc1Cl)c1cccc(F)c1. The van der Waals surface area contributed by atoms with E-state index in [1.165, 1.54) is 12.1 Å². The molecule has 2 aromatic rings. The van der Waals surface area contributed by atoms with E-state index >= 15 is 0 Å². The van der Waals surface area contributed by atoms with E-state index in [0.717, 1.165) is 5.56 Å². The summed E-state index contributed by atoms with van der Waals surface area (Å²) < 4.78 is 13.1. The minimum atomic E-state index is -0.290. The van der Waals surface area contributed by atoms with Gasteiger partial charge in [0, 0.05) is 6.04 Å². The Balaban J connectivity index is 1.88. The van der Waals surface area contributed by atoms with E-state index in [4.69, 9.17) is 11.6 Å². The third-order valence-corrected chi connectivity index (χ3v) is 3.40. The molecule has 0 radical (unpaired) electrons. The summed E-state index contributed by atoms with van der Waals surface area (Å²) in [6, 6.07) is 13.2. The zero-order valence-corrected chi connectivity index (χ0v) is 12.3. The van der Waals surface area contributed by atoms with Gasteiger partial charge in [-0.25, -0.2) is 4.39 Å². The van der Waals surface area contributed by atoms with Gasteiger partial charge < -0.3 is 10.6 Å². The number of carbonyl (C=O) groups excluding carboxylic acids is 1. The van der Waals surface area contributed by atoms with Gasteiger partial charge in [0.25, 0.3) is 0 Å². The fourth-order valence-electron chi connectivity index (χ4n) is 1.90. The minimum Gasteiger partial charge on any atom is -0.324 e. The first-order valence-corrected chi connectivity index (χ1v) is 6.97. The van der Waals surface area contributed by atoms with Crippen LogP contribution in [0, 0.1) is 5.82 Å². The Labute approximate surface area is 128 Å². The lowest BCUT2D eigenvalue weighted by atomic mass is 10.1. The predicted molar refractivity (Wildman–Crippen MR) is 82.9 cm³/mol. The number of amides is 1. The molecule has 0 bridgehead atoms. The van der Waals surface area contributed by atoms with Crippen molar-refractivity contribution in [3.05, 3.63) is 64.9 Å². The van der Waals surface area contributed by atoms with Crippen molar-refractivity contribution in [2.75, 3.05) is 11.9 Å². The number of carbonyl (C=O) groups is 1. The lowest BCUT2D eigenvalue weighted by Gasteiger charge is -2.14. The van der Waals surface area contributed by atoms with Crippen molar-refractivity contribution in [2.45, 2.75) is 13.0 Å². The molecule has 0 unspecified atom stereocenters. The molecule has 1 atom stereocenters. The zero-order chi connectivity index (χ0) is 15.2. The van der Waals surface area contributed by atoms with E-state index in [2.05, 4.69) is 10.6 Å². The lowest BCUT2D eigenvalue weighted by molar-refractivity contribution is -0.115. The highest BCUT2D eigenvalue weighted by Gasteiger charge is 2.09. The zero-order valence-electron chi connectivity index (χ0n) is 11.6. The summed E-state index contributed by atoms with van der Waals surface area (Å²) in [5.41, 5.74) is 1.37. The van der Waals surface area contributed by atoms with Crippen LogP contribution in [0.15, 0.2) is 48.5 Å². The van der Waals surface area contributed by atoms with E-state index in [1.807, 2.05) is 13.0 Å². The number of hydrogen-bond donors (Lipinski definition) is 2. The van der Waals surface area contributed by atoms with Crippen LogP contribution in [-0.2, 0) is 4.79 Å². The van der Waals surface area contributed by atoms with Crippen LogP contribution in [0.25, 0.3) is 0 Å². The Bertz CT molecular complexity index is 633. The fourth-order valence-corrected chi connectivity index (χ4v) is 2.08. The number of rotatable bonds is 5. The maximum atomic E-state index is 13.1. The Kier molecular flexibility index (Phi) is 5.31. The van der Waals surface area contributed by atoms with Crippen molar-refractivity contribution in [3.63, 3.8) is 0 Å². The van der Waals surface area contributed by atoms with Crippen LogP contribution < -0.4 is 10.6 Å². The van der Waals surface area contributed by atoms with Gasteiger partial charge in [-0.3, -0.25) is 4.79 Å². The first-order chi connectivity index (χ1) is 10.1. The van der Waals surface area contributed by atoms with E-state index in [9.17, 15) is 9.18 Å². The van der Waals surface area contributed by atoms with Crippen LogP contribution in [0.3, 0.4) is 0 Å². The molecule has 0 aliphatic heterocycles. The second kappa shape index (κ2) is 7.20. The van der Waals surface area contributed by atoms with Gasteiger partial charge in [-0.05, 0) is 36.8 Å². The Hall–Kier alpha value is -1.91. The lowest BCUT2D eigenvalue weighted by Crippen LogP contribution is -2.30. The molecule has 0 saturated heterocycles. The van der Waals surface area contributed by atoms with Crippen molar-refractivity contribution >= 4 is 23.2 Å². The molecular formula is C16H16ClFN2O. The molecule has 0 aromatic heterocycles. The summed E-state index contributed by atoms with van der Waals surface area (Å²) >= 11 is 5.97. The smallest absolute Gasteiger partial charge is 0.238 e. The van der Waals surface area contributed by atoms with E-state index < -0.39 is 0 Å². The van der Waals surface area contributed by atoms with Gasteiger partial charge in [0.15, 0.2) is 0 Å². The van der Waals surface area contributed by atoms with Crippen molar-refractivity contribution in [1.29, 1.82) is 0 Å². The van der Waals surface area contributed by atoms with Crippen LogP contribution in [0.4, 0.5) is 10.1 Å². The highest BCUT2D eigenvalue weighted by Crippen LogP contribution is 2.20. The molecule has 110 valence electrons. The molecule has 0 aliphatic carbocycles. The van der Waals surface area contributed by atoms with E-state index in [-0.39, 0.29) is 24.3 Å². The Morgan fingerprint density at radius 3 is 2.71 bits per heavy atom. The first kappa shape index (κ1) is 15.5. The van der Waals surface area contributed by atoms with Gasteiger partial charge in [0.05, 0.1) is 17.3 Å². The summed E-state index contributed by atoms with van der Waals surface area (Å²) in [6.07, 6.45) is 0. The topological polar surface area (TPSA) is 41.1 Å². The number of benzene rings is 2. The number of anilines is 1. The van der Waals surface area contributed by atoms with Crippen molar-refractivity contribution in [1.82, 2.24) is 5.32 Å². The monoisotopic (exact) mass is 306 g/mol. The normalized spacial score (nSPS) is 12.0. The first-order valence-electron chi connectivity index (χ1n) is 6.59. The second-order valence-corrected chi connectivity index (χ2v) is 5.09. The Morgan fingerprint density at radius 1 is 1.24 bits per heavy atom. The average Bonchev–Trinajstić information content (AvgIpc) is 2.47. The van der Waals surface area contributed by atoms with Gasteiger partial charge in [-0.2, -0.15) is 0 Å². The van der Waals surface area contributed by atoms with Gasteiger partial charge in [0.2, 0.25) is 5.91 Å². The molecule has 0 spiro atoms. The molecule has 5 heteroatoms. The molecule has 0 heterocycles. The third kappa shape index (κ3) is 4.55. The van der Waals surface area contributed by atoms with Crippen molar-refractivity contribution in [3.8, 4) is 0 Å². The molecular weight excluding hydrogens is 291 g/mol. The third-order valence-electron chi connectivity index (χ3n) is 3.07. The quantitative estimate of drug-likeness (QED) is 0.883. The minimum absolute atomic E-state index is 0.114. The Morgan fingerprint density at radius 2 is 2.00 bits per heavy atom. The van der Waals surface area contributed by atoms with E-state index in [1.54, 1.807) is 30.3 Å². The summed E-state index contributed by atoms with van der Waals surface area (Å²) in [5, 5.41) is 6.25. The predicted octanol–water partition coefficient (Wildman–Crippen LogP) is 3.77. The highest BCUT2D eigenvalue weighted by molar-refractivity contribution is 6.33. The summed E-state index contributed by atoms with van der Waals surface area (Å²) in [5.74, 6) is -0.493. The number of para-hydroxylation sites is 1. The summed E-state index contributed by atoms with van der Waals surface area (Å²) in [7, 11) is 0. The molecule has 1 amide bonds. The average molecular weight is 307 g/mol.